The molecule has 0 unspecified atom stereocenters. The highest BCUT2D eigenvalue weighted by atomic mass is 32.2. The maximum Gasteiger partial charge on any atom is 0.354 e. The number of esters is 1. The number of ether oxygens (including phenoxy) is 1. The molecule has 3 heterocycles. The fraction of sp³-hybridized carbons (Fsp3) is 0.381. The summed E-state index contributed by atoms with van der Waals surface area (Å²) in [6.07, 6.45) is 3.39. The number of methoxy groups -OCH3 is 1. The molecular weight excluding hydrogens is 390 g/mol. The molecule has 7 nitrogen and oxygen atoms in total. The first-order valence-corrected chi connectivity index (χ1v) is 10.6. The molecule has 4 rings (SSSR count). The summed E-state index contributed by atoms with van der Waals surface area (Å²) in [5.41, 5.74) is 1.34. The van der Waals surface area contributed by atoms with Gasteiger partial charge in [-0.1, -0.05) is 12.1 Å². The van der Waals surface area contributed by atoms with E-state index in [1.165, 1.54) is 18.9 Å². The molecule has 2 amide bonds. The van der Waals surface area contributed by atoms with Crippen molar-refractivity contribution in [3.8, 4) is 0 Å². The molecule has 0 spiro atoms. The summed E-state index contributed by atoms with van der Waals surface area (Å²) < 4.78 is 6.79. The first-order valence-electron chi connectivity index (χ1n) is 9.63. The number of rotatable bonds is 4. The van der Waals surface area contributed by atoms with E-state index in [2.05, 4.69) is 0 Å². The first kappa shape index (κ1) is 19.6. The smallest absolute Gasteiger partial charge is 0.354 e. The van der Waals surface area contributed by atoms with Gasteiger partial charge >= 0.3 is 5.97 Å². The van der Waals surface area contributed by atoms with Crippen LogP contribution in [0.5, 0.6) is 0 Å². The topological polar surface area (TPSA) is 71.8 Å². The molecule has 8 heteroatoms. The van der Waals surface area contributed by atoms with Crippen LogP contribution in [0, 0.1) is 0 Å². The van der Waals surface area contributed by atoms with Gasteiger partial charge in [0.25, 0.3) is 0 Å². The van der Waals surface area contributed by atoms with Crippen LogP contribution in [-0.2, 0) is 14.3 Å². The number of benzene rings is 1. The van der Waals surface area contributed by atoms with Crippen molar-refractivity contribution in [1.29, 1.82) is 0 Å². The Labute approximate surface area is 173 Å². The molecule has 1 saturated heterocycles. The minimum atomic E-state index is -0.353. The molecule has 0 saturated carbocycles. The number of hydrogen-bond acceptors (Lipinski definition) is 5. The van der Waals surface area contributed by atoms with E-state index in [4.69, 9.17) is 4.74 Å². The van der Waals surface area contributed by atoms with Gasteiger partial charge < -0.3 is 19.1 Å². The number of fused-ring (bicyclic) bond motifs is 1. The van der Waals surface area contributed by atoms with Crippen molar-refractivity contribution in [2.45, 2.75) is 23.8 Å². The van der Waals surface area contributed by atoms with Crippen molar-refractivity contribution in [3.63, 3.8) is 0 Å². The summed E-state index contributed by atoms with van der Waals surface area (Å²) >= 11 is 1.51. The third-order valence-electron chi connectivity index (χ3n) is 5.49. The quantitative estimate of drug-likeness (QED) is 0.721. The van der Waals surface area contributed by atoms with Gasteiger partial charge in [0.2, 0.25) is 11.8 Å². The Kier molecular flexibility index (Phi) is 5.62. The molecule has 2 aliphatic heterocycles. The lowest BCUT2D eigenvalue weighted by Crippen LogP contribution is -2.47. The van der Waals surface area contributed by atoms with E-state index in [1.54, 1.807) is 11.0 Å². The highest BCUT2D eigenvalue weighted by Crippen LogP contribution is 2.35. The van der Waals surface area contributed by atoms with Gasteiger partial charge in [0.15, 0.2) is 0 Å². The fourth-order valence-corrected chi connectivity index (χ4v) is 4.88. The summed E-state index contributed by atoms with van der Waals surface area (Å²) in [5.74, 6) is -0.0733. The first-order chi connectivity index (χ1) is 14.1. The Balaban J connectivity index is 1.40. The molecule has 1 aromatic heterocycles. The Morgan fingerprint density at radius 3 is 2.66 bits per heavy atom. The Hall–Kier alpha value is -2.74. The second-order valence-corrected chi connectivity index (χ2v) is 8.16. The zero-order chi connectivity index (χ0) is 20.4. The molecule has 1 aromatic carbocycles. The highest BCUT2D eigenvalue weighted by molar-refractivity contribution is 8.00. The predicted octanol–water partition coefficient (Wildman–Crippen LogP) is 2.58. The number of hydrogen-bond donors (Lipinski definition) is 0. The van der Waals surface area contributed by atoms with Crippen molar-refractivity contribution >= 4 is 35.2 Å². The number of amides is 2. The van der Waals surface area contributed by atoms with Crippen molar-refractivity contribution in [1.82, 2.24) is 9.47 Å². The molecule has 0 bridgehead atoms. The minimum Gasteiger partial charge on any atom is -0.464 e. The molecule has 0 aliphatic carbocycles. The average molecular weight is 413 g/mol. The largest absolute Gasteiger partial charge is 0.464 e. The predicted molar refractivity (Wildman–Crippen MR) is 110 cm³/mol. The Morgan fingerprint density at radius 2 is 1.90 bits per heavy atom. The van der Waals surface area contributed by atoms with E-state index in [-0.39, 0.29) is 30.4 Å². The number of carbonyl (C=O) groups is 3. The van der Waals surface area contributed by atoms with E-state index in [9.17, 15) is 14.4 Å². The van der Waals surface area contributed by atoms with E-state index in [0.717, 1.165) is 23.4 Å². The van der Waals surface area contributed by atoms with Crippen molar-refractivity contribution < 1.29 is 19.1 Å². The average Bonchev–Trinajstić information content (AvgIpc) is 3.25. The summed E-state index contributed by atoms with van der Waals surface area (Å²) in [6.45, 7) is 1.26. The zero-order valence-electron chi connectivity index (χ0n) is 16.2. The minimum absolute atomic E-state index is 0.0352. The Bertz CT molecular complexity index is 934. The van der Waals surface area contributed by atoms with Crippen LogP contribution >= 0.6 is 11.8 Å². The fourth-order valence-electron chi connectivity index (χ4n) is 3.95. The zero-order valence-corrected chi connectivity index (χ0v) is 17.1. The number of aromatic nitrogens is 1. The summed E-state index contributed by atoms with van der Waals surface area (Å²) in [4.78, 5) is 41.6. The lowest BCUT2D eigenvalue weighted by Gasteiger charge is -2.35. The molecule has 2 aliphatic rings. The van der Waals surface area contributed by atoms with Crippen molar-refractivity contribution in [3.05, 3.63) is 48.3 Å². The third-order valence-corrected chi connectivity index (χ3v) is 6.53. The molecule has 2 aromatic rings. The van der Waals surface area contributed by atoms with Crippen LogP contribution in [0.15, 0.2) is 47.5 Å². The SMILES string of the molecule is COC(=O)c1cccn1C1CCN(C(=O)CN2C(=O)CSc3ccccc32)CC1. The van der Waals surface area contributed by atoms with E-state index >= 15 is 0 Å². The Morgan fingerprint density at radius 1 is 1.14 bits per heavy atom. The maximum atomic E-state index is 12.9. The van der Waals surface area contributed by atoms with Gasteiger partial charge in [-0.2, -0.15) is 0 Å². The number of piperidine rings is 1. The van der Waals surface area contributed by atoms with Gasteiger partial charge in [-0.25, -0.2) is 4.79 Å². The summed E-state index contributed by atoms with van der Waals surface area (Å²) in [7, 11) is 1.37. The van der Waals surface area contributed by atoms with Crippen LogP contribution in [0.2, 0.25) is 0 Å². The normalized spacial score (nSPS) is 17.2. The van der Waals surface area contributed by atoms with Gasteiger partial charge in [0, 0.05) is 30.2 Å². The van der Waals surface area contributed by atoms with Gasteiger partial charge in [0.05, 0.1) is 18.6 Å². The molecule has 0 radical (unpaired) electrons. The van der Waals surface area contributed by atoms with Crippen molar-refractivity contribution in [2.75, 3.05) is 37.4 Å². The molecule has 0 atom stereocenters. The number of para-hydroxylation sites is 1. The van der Waals surface area contributed by atoms with E-state index < -0.39 is 0 Å². The van der Waals surface area contributed by atoms with E-state index in [0.29, 0.717) is 24.5 Å². The second kappa shape index (κ2) is 8.32. The van der Waals surface area contributed by atoms with Gasteiger partial charge in [-0.3, -0.25) is 9.59 Å². The van der Waals surface area contributed by atoms with Gasteiger partial charge in [0.1, 0.15) is 12.2 Å². The van der Waals surface area contributed by atoms with Crippen LogP contribution in [0.4, 0.5) is 5.69 Å². The van der Waals surface area contributed by atoms with Crippen LogP contribution < -0.4 is 4.90 Å². The lowest BCUT2D eigenvalue weighted by molar-refractivity contribution is -0.132. The number of anilines is 1. The van der Waals surface area contributed by atoms with Crippen LogP contribution in [0.3, 0.4) is 0 Å². The monoisotopic (exact) mass is 413 g/mol. The number of likely N-dealkylation sites (tertiary alicyclic amines) is 1. The van der Waals surface area contributed by atoms with E-state index in [1.807, 2.05) is 46.0 Å². The van der Waals surface area contributed by atoms with Crippen LogP contribution in [0.1, 0.15) is 29.4 Å². The standard InChI is InChI=1S/C21H23N3O4S/c1-28-21(27)17-6-4-10-23(17)15-8-11-22(12-9-15)19(25)13-24-16-5-2-3-7-18(16)29-14-20(24)26/h2-7,10,15H,8-9,11-14H2,1H3. The maximum absolute atomic E-state index is 12.9. The second-order valence-electron chi connectivity index (χ2n) is 7.14. The molecular formula is C21H23N3O4S. The molecule has 152 valence electrons. The number of carbonyl (C=O) groups excluding carboxylic acids is 3. The summed E-state index contributed by atoms with van der Waals surface area (Å²) in [5, 5.41) is 0. The van der Waals surface area contributed by atoms with Crippen LogP contribution in [0.25, 0.3) is 0 Å². The number of thioether (sulfide) groups is 1. The van der Waals surface area contributed by atoms with Crippen LogP contribution in [-0.4, -0.2) is 59.7 Å². The molecule has 1 fully saturated rings. The number of nitrogens with zero attached hydrogens (tertiary/aromatic N) is 3. The van der Waals surface area contributed by atoms with Gasteiger partial charge in [-0.15, -0.1) is 11.8 Å². The summed E-state index contributed by atoms with van der Waals surface area (Å²) in [6, 6.07) is 11.4. The third kappa shape index (κ3) is 3.89. The highest BCUT2D eigenvalue weighted by Gasteiger charge is 2.30. The van der Waals surface area contributed by atoms with Gasteiger partial charge in [-0.05, 0) is 37.1 Å². The molecule has 0 N–H and O–H groups in total. The molecule has 29 heavy (non-hydrogen) atoms. The lowest BCUT2D eigenvalue weighted by atomic mass is 10.0. The van der Waals surface area contributed by atoms with Crippen molar-refractivity contribution in [2.24, 2.45) is 0 Å².